The number of carbonyl (C=O) groups excluding carboxylic acids is 2. The van der Waals surface area contributed by atoms with Gasteiger partial charge in [-0.2, -0.15) is 0 Å². The lowest BCUT2D eigenvalue weighted by Gasteiger charge is -2.06. The number of carbonyl (C=O) groups is 2. The van der Waals surface area contributed by atoms with Crippen molar-refractivity contribution in [1.29, 1.82) is 0 Å². The number of aromatic nitrogens is 1. The molecule has 0 unspecified atom stereocenters. The Morgan fingerprint density at radius 3 is 2.48 bits per heavy atom. The van der Waals surface area contributed by atoms with Crippen LogP contribution in [0.4, 0.5) is 0 Å². The van der Waals surface area contributed by atoms with Crippen molar-refractivity contribution in [1.82, 2.24) is 4.57 Å². The van der Waals surface area contributed by atoms with Crippen LogP contribution in [0.2, 0.25) is 0 Å². The van der Waals surface area contributed by atoms with Crippen molar-refractivity contribution < 1.29 is 14.4 Å². The number of rotatable bonds is 5. The van der Waals surface area contributed by atoms with Crippen molar-refractivity contribution in [3.63, 3.8) is 0 Å². The minimum absolute atomic E-state index is 0.0141. The first kappa shape index (κ1) is 18.6. The Morgan fingerprint density at radius 2 is 1.81 bits per heavy atom. The smallest absolute Gasteiger partial charge is 0.331 e. The molecule has 3 aromatic rings. The molecule has 138 valence electrons. The van der Waals surface area contributed by atoms with Crippen LogP contribution < -0.4 is 0 Å². The molecule has 5 heteroatoms. The van der Waals surface area contributed by atoms with Crippen LogP contribution in [0.15, 0.2) is 53.8 Å². The fourth-order valence-electron chi connectivity index (χ4n) is 3.15. The Morgan fingerprint density at radius 1 is 1.07 bits per heavy atom. The molecule has 1 heterocycles. The maximum atomic E-state index is 13.0. The first-order chi connectivity index (χ1) is 12.9. The maximum Gasteiger partial charge on any atom is 0.331 e. The largest absolute Gasteiger partial charge is 0.347 e. The van der Waals surface area contributed by atoms with E-state index in [2.05, 4.69) is 9.72 Å². The fraction of sp³-hybridized carbons (Fsp3) is 0.227. The molecule has 2 aromatic carbocycles. The van der Waals surface area contributed by atoms with E-state index in [0.29, 0.717) is 16.8 Å². The molecule has 0 radical (unpaired) electrons. The number of ketones is 1. The number of hydrogen-bond donors (Lipinski definition) is 0. The van der Waals surface area contributed by atoms with E-state index >= 15 is 0 Å². The highest BCUT2D eigenvalue weighted by Gasteiger charge is 2.16. The molecule has 27 heavy (non-hydrogen) atoms. The molecule has 0 fully saturated rings. The third-order valence-corrected chi connectivity index (χ3v) is 4.57. The zero-order valence-corrected chi connectivity index (χ0v) is 15.9. The van der Waals surface area contributed by atoms with Crippen molar-refractivity contribution in [2.45, 2.75) is 34.2 Å². The van der Waals surface area contributed by atoms with Gasteiger partial charge in [0.2, 0.25) is 0 Å². The quantitative estimate of drug-likeness (QED) is 0.291. The molecule has 0 amide bonds. The summed E-state index contributed by atoms with van der Waals surface area (Å²) in [5.74, 6) is -0.483. The summed E-state index contributed by atoms with van der Waals surface area (Å²) >= 11 is 0. The van der Waals surface area contributed by atoms with Crippen LogP contribution >= 0.6 is 0 Å². The van der Waals surface area contributed by atoms with Gasteiger partial charge in [0, 0.05) is 47.3 Å². The molecular weight excluding hydrogens is 340 g/mol. The van der Waals surface area contributed by atoms with Gasteiger partial charge >= 0.3 is 5.97 Å². The number of oxime groups is 1. The Balaban J connectivity index is 2.12. The van der Waals surface area contributed by atoms with Gasteiger partial charge < -0.3 is 9.40 Å². The second kappa shape index (κ2) is 7.58. The standard InChI is InChI=1S/C22H22N2O3/c1-5-24-13-20(15(3)23-27-16(4)25)19-12-17(10-11-21(19)24)22(26)18-9-7-6-8-14(18)2/h6-13H,5H2,1-4H3. The zero-order valence-electron chi connectivity index (χ0n) is 15.9. The number of aryl methyl sites for hydroxylation is 2. The molecule has 0 atom stereocenters. The summed E-state index contributed by atoms with van der Waals surface area (Å²) in [7, 11) is 0. The van der Waals surface area contributed by atoms with E-state index in [4.69, 9.17) is 4.84 Å². The van der Waals surface area contributed by atoms with Gasteiger partial charge in [0.25, 0.3) is 0 Å². The lowest BCUT2D eigenvalue weighted by Crippen LogP contribution is -2.04. The molecule has 0 aliphatic heterocycles. The van der Waals surface area contributed by atoms with Crippen LogP contribution in [-0.2, 0) is 16.2 Å². The number of fused-ring (bicyclic) bond motifs is 1. The van der Waals surface area contributed by atoms with E-state index in [-0.39, 0.29) is 5.78 Å². The van der Waals surface area contributed by atoms with E-state index in [1.54, 1.807) is 6.92 Å². The summed E-state index contributed by atoms with van der Waals surface area (Å²) in [6, 6.07) is 13.3. The van der Waals surface area contributed by atoms with E-state index < -0.39 is 5.97 Å². The molecule has 0 saturated carbocycles. The highest BCUT2D eigenvalue weighted by atomic mass is 16.7. The predicted molar refractivity (Wildman–Crippen MR) is 106 cm³/mol. The minimum Gasteiger partial charge on any atom is -0.347 e. The van der Waals surface area contributed by atoms with Crippen LogP contribution in [-0.4, -0.2) is 22.0 Å². The average molecular weight is 362 g/mol. The van der Waals surface area contributed by atoms with Crippen LogP contribution in [0.25, 0.3) is 10.9 Å². The Bertz CT molecular complexity index is 1060. The van der Waals surface area contributed by atoms with Gasteiger partial charge in [-0.25, -0.2) is 4.79 Å². The number of benzene rings is 2. The first-order valence-electron chi connectivity index (χ1n) is 8.88. The highest BCUT2D eigenvalue weighted by Crippen LogP contribution is 2.25. The molecule has 0 N–H and O–H groups in total. The summed E-state index contributed by atoms with van der Waals surface area (Å²) in [6.07, 6.45) is 1.97. The predicted octanol–water partition coefficient (Wildman–Crippen LogP) is 4.49. The van der Waals surface area contributed by atoms with Gasteiger partial charge in [0.1, 0.15) is 0 Å². The third kappa shape index (κ3) is 3.67. The molecule has 0 spiro atoms. The molecule has 5 nitrogen and oxygen atoms in total. The van der Waals surface area contributed by atoms with E-state index in [1.807, 2.05) is 62.5 Å². The Labute approximate surface area is 158 Å². The van der Waals surface area contributed by atoms with E-state index in [1.165, 1.54) is 6.92 Å². The monoisotopic (exact) mass is 362 g/mol. The van der Waals surface area contributed by atoms with Gasteiger partial charge in [0.05, 0.1) is 5.71 Å². The second-order valence-electron chi connectivity index (χ2n) is 6.46. The van der Waals surface area contributed by atoms with Gasteiger partial charge in [-0.05, 0) is 44.5 Å². The second-order valence-corrected chi connectivity index (χ2v) is 6.46. The fourth-order valence-corrected chi connectivity index (χ4v) is 3.15. The zero-order chi connectivity index (χ0) is 19.6. The topological polar surface area (TPSA) is 60.7 Å². The van der Waals surface area contributed by atoms with Crippen molar-refractivity contribution in [2.75, 3.05) is 0 Å². The van der Waals surface area contributed by atoms with Gasteiger partial charge in [-0.15, -0.1) is 0 Å². The first-order valence-corrected chi connectivity index (χ1v) is 8.88. The molecule has 0 aliphatic carbocycles. The van der Waals surface area contributed by atoms with Crippen molar-refractivity contribution in [2.24, 2.45) is 5.16 Å². The van der Waals surface area contributed by atoms with Crippen molar-refractivity contribution in [3.05, 3.63) is 70.9 Å². The van der Waals surface area contributed by atoms with E-state index in [9.17, 15) is 9.59 Å². The van der Waals surface area contributed by atoms with Crippen LogP contribution in [0.1, 0.15) is 47.8 Å². The van der Waals surface area contributed by atoms with Crippen LogP contribution in [0.3, 0.4) is 0 Å². The summed E-state index contributed by atoms with van der Waals surface area (Å²) in [4.78, 5) is 28.8. The van der Waals surface area contributed by atoms with Gasteiger partial charge in [-0.3, -0.25) is 4.79 Å². The summed E-state index contributed by atoms with van der Waals surface area (Å²) in [5, 5.41) is 4.81. The third-order valence-electron chi connectivity index (χ3n) is 4.57. The van der Waals surface area contributed by atoms with Gasteiger partial charge in [0.15, 0.2) is 5.78 Å². The average Bonchev–Trinajstić information content (AvgIpc) is 3.04. The maximum absolute atomic E-state index is 13.0. The van der Waals surface area contributed by atoms with Crippen LogP contribution in [0, 0.1) is 6.92 Å². The highest BCUT2D eigenvalue weighted by molar-refractivity contribution is 6.14. The molecule has 3 rings (SSSR count). The Hall–Kier alpha value is -3.21. The van der Waals surface area contributed by atoms with Crippen molar-refractivity contribution >= 4 is 28.4 Å². The molecule has 0 saturated heterocycles. The summed E-state index contributed by atoms with van der Waals surface area (Å²) in [5.41, 5.74) is 4.69. The minimum atomic E-state index is -0.469. The molecule has 0 bridgehead atoms. The SMILES string of the molecule is CCn1cc(C(C)=NOC(C)=O)c2cc(C(=O)c3ccccc3C)ccc21. The lowest BCUT2D eigenvalue weighted by atomic mass is 9.97. The number of hydrogen-bond acceptors (Lipinski definition) is 4. The summed E-state index contributed by atoms with van der Waals surface area (Å²) < 4.78 is 2.08. The van der Waals surface area contributed by atoms with Crippen molar-refractivity contribution in [3.8, 4) is 0 Å². The normalized spacial score (nSPS) is 11.6. The van der Waals surface area contributed by atoms with E-state index in [0.717, 1.165) is 28.6 Å². The van der Waals surface area contributed by atoms with Gasteiger partial charge in [-0.1, -0.05) is 29.4 Å². The molecule has 0 aliphatic rings. The summed E-state index contributed by atoms with van der Waals surface area (Å²) in [6.45, 7) is 7.86. The van der Waals surface area contributed by atoms with Crippen LogP contribution in [0.5, 0.6) is 0 Å². The lowest BCUT2D eigenvalue weighted by molar-refractivity contribution is -0.140. The molecule has 1 aromatic heterocycles. The molecular formula is C22H22N2O3. The Kier molecular flexibility index (Phi) is 5.21. The number of nitrogens with zero attached hydrogens (tertiary/aromatic N) is 2.